The molecule has 1 saturated carbocycles. The topological polar surface area (TPSA) is 33.1 Å². The number of nitrogens with one attached hydrogen (secondary N) is 1. The van der Waals surface area contributed by atoms with Gasteiger partial charge in [-0.25, -0.2) is 4.98 Å². The van der Waals surface area contributed by atoms with Crippen LogP contribution >= 0.6 is 0 Å². The van der Waals surface area contributed by atoms with Crippen molar-refractivity contribution in [3.8, 4) is 0 Å². The van der Waals surface area contributed by atoms with Gasteiger partial charge in [0.15, 0.2) is 0 Å². The van der Waals surface area contributed by atoms with Gasteiger partial charge in [0.25, 0.3) is 0 Å². The molecule has 1 N–H and O–H groups in total. The Kier molecular flexibility index (Phi) is 4.41. The Balaban J connectivity index is 1.63. The average molecular weight is 276 g/mol. The monoisotopic (exact) mass is 276 g/mol. The van der Waals surface area contributed by atoms with Crippen LogP contribution in [0, 0.1) is 5.92 Å². The number of nitrogens with zero attached hydrogens (tertiary/aromatic N) is 3. The van der Waals surface area contributed by atoms with Crippen molar-refractivity contribution in [1.29, 1.82) is 0 Å². The van der Waals surface area contributed by atoms with Gasteiger partial charge in [-0.1, -0.05) is 0 Å². The summed E-state index contributed by atoms with van der Waals surface area (Å²) in [7, 11) is 0. The summed E-state index contributed by atoms with van der Waals surface area (Å²) in [5.41, 5.74) is 1.37. The first-order valence-electron chi connectivity index (χ1n) is 8.19. The van der Waals surface area contributed by atoms with Crippen LogP contribution in [0.25, 0.3) is 0 Å². The highest BCUT2D eigenvalue weighted by Gasteiger charge is 2.31. The first kappa shape index (κ1) is 14.1. The summed E-state index contributed by atoms with van der Waals surface area (Å²) in [5.74, 6) is 0.833. The van der Waals surface area contributed by atoms with Crippen LogP contribution in [0.15, 0.2) is 12.5 Å². The molecule has 2 fully saturated rings. The minimum Gasteiger partial charge on any atom is -0.331 e. The fraction of sp³-hybridized carbons (Fsp3) is 0.812. The van der Waals surface area contributed by atoms with Crippen LogP contribution in [0.1, 0.15) is 51.3 Å². The lowest BCUT2D eigenvalue weighted by molar-refractivity contribution is 0.188. The maximum atomic E-state index is 4.35. The zero-order chi connectivity index (χ0) is 13.9. The number of hydrogen-bond acceptors (Lipinski definition) is 3. The standard InChI is InChI=1S/C16H28N4/c1-13(2)20-12-18-9-16(20)11-19(15-5-6-15)10-14-4-3-7-17-8-14/h9,12-15,17H,3-8,10-11H2,1-2H3. The van der Waals surface area contributed by atoms with E-state index in [1.807, 2.05) is 6.33 Å². The van der Waals surface area contributed by atoms with Gasteiger partial charge in [-0.2, -0.15) is 0 Å². The summed E-state index contributed by atoms with van der Waals surface area (Å²) >= 11 is 0. The molecule has 1 saturated heterocycles. The molecule has 4 heteroatoms. The third kappa shape index (κ3) is 3.41. The van der Waals surface area contributed by atoms with E-state index in [0.29, 0.717) is 6.04 Å². The van der Waals surface area contributed by atoms with Gasteiger partial charge in [0.05, 0.1) is 12.0 Å². The molecule has 1 aromatic rings. The third-order valence-corrected chi connectivity index (χ3v) is 4.62. The van der Waals surface area contributed by atoms with E-state index < -0.39 is 0 Å². The molecule has 1 unspecified atom stereocenters. The molecule has 1 atom stereocenters. The van der Waals surface area contributed by atoms with E-state index in [1.54, 1.807) is 0 Å². The molecule has 0 spiro atoms. The van der Waals surface area contributed by atoms with Crippen LogP contribution in [0.4, 0.5) is 0 Å². The van der Waals surface area contributed by atoms with Crippen LogP contribution in [0.2, 0.25) is 0 Å². The molecule has 1 aromatic heterocycles. The molecule has 2 aliphatic rings. The van der Waals surface area contributed by atoms with E-state index in [2.05, 4.69) is 39.8 Å². The van der Waals surface area contributed by atoms with Gasteiger partial charge in [0.1, 0.15) is 0 Å². The number of hydrogen-bond donors (Lipinski definition) is 1. The normalized spacial score (nSPS) is 23.7. The fourth-order valence-electron chi connectivity index (χ4n) is 3.32. The molecule has 3 rings (SSSR count). The molecule has 2 heterocycles. The Morgan fingerprint density at radius 2 is 2.25 bits per heavy atom. The SMILES string of the molecule is CC(C)n1cncc1CN(CC1CCCNC1)C1CC1. The van der Waals surface area contributed by atoms with Crippen LogP contribution in [-0.2, 0) is 6.54 Å². The summed E-state index contributed by atoms with van der Waals surface area (Å²) in [6.45, 7) is 9.20. The third-order valence-electron chi connectivity index (χ3n) is 4.62. The Bertz CT molecular complexity index is 416. The first-order valence-corrected chi connectivity index (χ1v) is 8.19. The minimum atomic E-state index is 0.505. The summed E-state index contributed by atoms with van der Waals surface area (Å²) < 4.78 is 2.31. The predicted octanol–water partition coefficient (Wildman–Crippen LogP) is 2.43. The second kappa shape index (κ2) is 6.27. The van der Waals surface area contributed by atoms with Gasteiger partial charge in [0, 0.05) is 31.4 Å². The number of imidazole rings is 1. The molecule has 0 aromatic carbocycles. The molecular formula is C16H28N4. The molecule has 0 radical (unpaired) electrons. The van der Waals surface area contributed by atoms with Gasteiger partial charge >= 0.3 is 0 Å². The quantitative estimate of drug-likeness (QED) is 0.866. The highest BCUT2D eigenvalue weighted by atomic mass is 15.2. The van der Waals surface area contributed by atoms with E-state index >= 15 is 0 Å². The van der Waals surface area contributed by atoms with Crippen molar-refractivity contribution >= 4 is 0 Å². The lowest BCUT2D eigenvalue weighted by Gasteiger charge is -2.30. The fourth-order valence-corrected chi connectivity index (χ4v) is 3.32. The summed E-state index contributed by atoms with van der Waals surface area (Å²) in [6.07, 6.45) is 9.53. The second-order valence-electron chi connectivity index (χ2n) is 6.76. The zero-order valence-electron chi connectivity index (χ0n) is 12.9. The van der Waals surface area contributed by atoms with Crippen molar-refractivity contribution in [2.75, 3.05) is 19.6 Å². The van der Waals surface area contributed by atoms with E-state index in [-0.39, 0.29) is 0 Å². The van der Waals surface area contributed by atoms with Crippen LogP contribution in [0.5, 0.6) is 0 Å². The van der Waals surface area contributed by atoms with Crippen LogP contribution < -0.4 is 5.32 Å². The molecule has 4 nitrogen and oxygen atoms in total. The Morgan fingerprint density at radius 1 is 1.40 bits per heavy atom. The summed E-state index contributed by atoms with van der Waals surface area (Å²) in [4.78, 5) is 7.05. The maximum absolute atomic E-state index is 4.35. The molecule has 1 aliphatic carbocycles. The van der Waals surface area contributed by atoms with Crippen LogP contribution in [0.3, 0.4) is 0 Å². The van der Waals surface area contributed by atoms with E-state index in [1.165, 1.54) is 51.0 Å². The van der Waals surface area contributed by atoms with Crippen molar-refractivity contribution in [2.45, 2.75) is 58.2 Å². The molecule has 0 amide bonds. The number of piperidine rings is 1. The summed E-state index contributed by atoms with van der Waals surface area (Å²) in [6, 6.07) is 1.33. The number of rotatable bonds is 6. The van der Waals surface area contributed by atoms with E-state index in [4.69, 9.17) is 0 Å². The van der Waals surface area contributed by atoms with Crippen molar-refractivity contribution in [2.24, 2.45) is 5.92 Å². The molecule has 0 bridgehead atoms. The van der Waals surface area contributed by atoms with Gasteiger partial charge < -0.3 is 9.88 Å². The smallest absolute Gasteiger partial charge is 0.0951 e. The zero-order valence-corrected chi connectivity index (χ0v) is 12.9. The Morgan fingerprint density at radius 3 is 2.90 bits per heavy atom. The van der Waals surface area contributed by atoms with Gasteiger partial charge in [-0.3, -0.25) is 4.90 Å². The van der Waals surface area contributed by atoms with Gasteiger partial charge in [-0.05, 0) is 58.5 Å². The van der Waals surface area contributed by atoms with Crippen LogP contribution in [-0.4, -0.2) is 40.1 Å². The lowest BCUT2D eigenvalue weighted by atomic mass is 9.99. The van der Waals surface area contributed by atoms with Gasteiger partial charge in [-0.15, -0.1) is 0 Å². The molecule has 112 valence electrons. The average Bonchev–Trinajstić information content (AvgIpc) is 3.19. The highest BCUT2D eigenvalue weighted by Crippen LogP contribution is 2.30. The highest BCUT2D eigenvalue weighted by molar-refractivity contribution is 5.02. The number of aromatic nitrogens is 2. The minimum absolute atomic E-state index is 0.505. The predicted molar refractivity (Wildman–Crippen MR) is 81.6 cm³/mol. The van der Waals surface area contributed by atoms with Crippen molar-refractivity contribution in [3.63, 3.8) is 0 Å². The molecule has 1 aliphatic heterocycles. The molecular weight excluding hydrogens is 248 g/mol. The lowest BCUT2D eigenvalue weighted by Crippen LogP contribution is -2.39. The first-order chi connectivity index (χ1) is 9.74. The maximum Gasteiger partial charge on any atom is 0.0951 e. The Hall–Kier alpha value is -0.870. The van der Waals surface area contributed by atoms with E-state index in [0.717, 1.165) is 18.5 Å². The Labute approximate surface area is 122 Å². The van der Waals surface area contributed by atoms with Crippen molar-refractivity contribution in [3.05, 3.63) is 18.2 Å². The van der Waals surface area contributed by atoms with E-state index in [9.17, 15) is 0 Å². The van der Waals surface area contributed by atoms with Gasteiger partial charge in [0.2, 0.25) is 0 Å². The largest absolute Gasteiger partial charge is 0.331 e. The van der Waals surface area contributed by atoms with Crippen molar-refractivity contribution < 1.29 is 0 Å². The molecule has 20 heavy (non-hydrogen) atoms. The summed E-state index contributed by atoms with van der Waals surface area (Å²) in [5, 5.41) is 3.54. The second-order valence-corrected chi connectivity index (χ2v) is 6.76. The van der Waals surface area contributed by atoms with Crippen molar-refractivity contribution in [1.82, 2.24) is 19.8 Å².